The molecule has 8 nitrogen and oxygen atoms in total. The second-order valence-electron chi connectivity index (χ2n) is 6.39. The predicted octanol–water partition coefficient (Wildman–Crippen LogP) is 5.04. The third kappa shape index (κ3) is 6.15. The van der Waals surface area contributed by atoms with Gasteiger partial charge in [-0.05, 0) is 43.3 Å². The van der Waals surface area contributed by atoms with E-state index in [0.717, 1.165) is 12.2 Å². The maximum Gasteiger partial charge on any atom is 0.308 e. The monoisotopic (exact) mass is 384 g/mol. The molecule has 0 N–H and O–H groups in total. The summed E-state index contributed by atoms with van der Waals surface area (Å²) in [5.74, 6) is -0.325. The Kier molecular flexibility index (Phi) is 7.62. The van der Waals surface area contributed by atoms with Gasteiger partial charge in [-0.2, -0.15) is 10.2 Å². The van der Waals surface area contributed by atoms with Crippen LogP contribution in [0.25, 0.3) is 0 Å². The zero-order valence-electron chi connectivity index (χ0n) is 16.2. The molecular formula is C20H24N4O4. The number of nitrogens with zero attached hydrogens (tertiary/aromatic N) is 4. The first-order valence-electron chi connectivity index (χ1n) is 9.08. The van der Waals surface area contributed by atoms with Crippen molar-refractivity contribution in [3.63, 3.8) is 0 Å². The lowest BCUT2D eigenvalue weighted by Crippen LogP contribution is -2.28. The largest absolute Gasteiger partial charge is 0.464 e. The molecule has 2 aromatic rings. The smallest absolute Gasteiger partial charge is 0.308 e. The van der Waals surface area contributed by atoms with E-state index in [9.17, 15) is 14.9 Å². The Hall–Kier alpha value is -3.29. The third-order valence-electron chi connectivity index (χ3n) is 4.01. The number of benzene rings is 2. The molecule has 0 unspecified atom stereocenters. The number of hydrogen-bond donors (Lipinski definition) is 0. The summed E-state index contributed by atoms with van der Waals surface area (Å²) in [6.45, 7) is 7.38. The number of nitro benzene ring substituents is 1. The molecule has 0 aromatic heterocycles. The van der Waals surface area contributed by atoms with Crippen molar-refractivity contribution in [2.75, 3.05) is 24.6 Å². The average molecular weight is 384 g/mol. The van der Waals surface area contributed by atoms with Crippen molar-refractivity contribution >= 4 is 28.7 Å². The van der Waals surface area contributed by atoms with Gasteiger partial charge in [0.1, 0.15) is 6.61 Å². The van der Waals surface area contributed by atoms with Crippen LogP contribution < -0.4 is 4.90 Å². The Bertz CT molecular complexity index is 817. The fourth-order valence-electron chi connectivity index (χ4n) is 2.38. The molecule has 0 fully saturated rings. The van der Waals surface area contributed by atoms with Gasteiger partial charge in [-0.3, -0.25) is 14.9 Å². The van der Waals surface area contributed by atoms with E-state index in [4.69, 9.17) is 4.74 Å². The van der Waals surface area contributed by atoms with Crippen molar-refractivity contribution in [1.29, 1.82) is 0 Å². The van der Waals surface area contributed by atoms with Crippen molar-refractivity contribution in [3.05, 3.63) is 58.6 Å². The molecule has 148 valence electrons. The average Bonchev–Trinajstić information content (AvgIpc) is 2.70. The van der Waals surface area contributed by atoms with E-state index in [1.165, 1.54) is 12.1 Å². The van der Waals surface area contributed by atoms with Crippen molar-refractivity contribution in [3.8, 4) is 0 Å². The second kappa shape index (κ2) is 10.1. The van der Waals surface area contributed by atoms with E-state index in [1.54, 1.807) is 12.1 Å². The van der Waals surface area contributed by atoms with Gasteiger partial charge < -0.3 is 9.64 Å². The van der Waals surface area contributed by atoms with E-state index in [2.05, 4.69) is 15.1 Å². The van der Waals surface area contributed by atoms with Crippen LogP contribution in [-0.2, 0) is 9.53 Å². The van der Waals surface area contributed by atoms with Crippen LogP contribution in [0.1, 0.15) is 20.8 Å². The summed E-state index contributed by atoms with van der Waals surface area (Å²) in [7, 11) is 0. The number of hydrogen-bond acceptors (Lipinski definition) is 7. The number of carbonyl (C=O) groups is 1. The van der Waals surface area contributed by atoms with Gasteiger partial charge in [0.05, 0.1) is 28.8 Å². The molecule has 0 aliphatic rings. The first-order valence-corrected chi connectivity index (χ1v) is 9.08. The molecule has 0 atom stereocenters. The highest BCUT2D eigenvalue weighted by atomic mass is 16.6. The molecule has 0 saturated heterocycles. The molecule has 0 amide bonds. The molecule has 0 saturated carbocycles. The van der Waals surface area contributed by atoms with Gasteiger partial charge in [-0.15, -0.1) is 0 Å². The zero-order valence-corrected chi connectivity index (χ0v) is 16.2. The summed E-state index contributed by atoms with van der Waals surface area (Å²) in [6.07, 6.45) is 0. The summed E-state index contributed by atoms with van der Waals surface area (Å²) in [4.78, 5) is 23.8. The number of likely N-dealkylation sites (N-methyl/N-ethyl adjacent to an activating group) is 1. The van der Waals surface area contributed by atoms with E-state index < -0.39 is 4.92 Å². The van der Waals surface area contributed by atoms with Crippen molar-refractivity contribution < 1.29 is 14.5 Å². The summed E-state index contributed by atoms with van der Waals surface area (Å²) >= 11 is 0. The topological polar surface area (TPSA) is 97.4 Å². The number of non-ortho nitro benzene ring substituents is 1. The molecule has 0 aliphatic carbocycles. The predicted molar refractivity (Wildman–Crippen MR) is 107 cm³/mol. The highest BCUT2D eigenvalue weighted by Crippen LogP contribution is 2.23. The quantitative estimate of drug-likeness (QED) is 0.261. The molecular weight excluding hydrogens is 360 g/mol. The Balaban J connectivity index is 1.95. The van der Waals surface area contributed by atoms with Crippen LogP contribution in [0.3, 0.4) is 0 Å². The van der Waals surface area contributed by atoms with E-state index in [-0.39, 0.29) is 17.6 Å². The number of rotatable bonds is 9. The van der Waals surface area contributed by atoms with Gasteiger partial charge in [-0.25, -0.2) is 0 Å². The van der Waals surface area contributed by atoms with E-state index in [0.29, 0.717) is 24.5 Å². The molecule has 0 radical (unpaired) electrons. The van der Waals surface area contributed by atoms with Crippen LogP contribution in [0.5, 0.6) is 0 Å². The number of esters is 1. The normalized spacial score (nSPS) is 11.0. The van der Waals surface area contributed by atoms with E-state index >= 15 is 0 Å². The van der Waals surface area contributed by atoms with E-state index in [1.807, 2.05) is 45.0 Å². The highest BCUT2D eigenvalue weighted by molar-refractivity contribution is 5.71. The van der Waals surface area contributed by atoms with Gasteiger partial charge in [0.25, 0.3) is 5.69 Å². The third-order valence-corrected chi connectivity index (χ3v) is 4.01. The summed E-state index contributed by atoms with van der Waals surface area (Å²) in [5, 5.41) is 18.9. The molecule has 0 aliphatic heterocycles. The number of ether oxygens (including phenoxy) is 1. The van der Waals surface area contributed by atoms with Crippen LogP contribution in [-0.4, -0.2) is 30.6 Å². The maximum absolute atomic E-state index is 11.5. The summed E-state index contributed by atoms with van der Waals surface area (Å²) in [5.41, 5.74) is 2.22. The second-order valence-corrected chi connectivity index (χ2v) is 6.39. The van der Waals surface area contributed by atoms with Crippen LogP contribution in [0.15, 0.2) is 58.8 Å². The molecule has 2 aromatic carbocycles. The number of azo groups is 1. The molecule has 2 rings (SSSR count). The van der Waals surface area contributed by atoms with Crippen LogP contribution in [0, 0.1) is 16.0 Å². The lowest BCUT2D eigenvalue weighted by atomic mass is 10.2. The number of nitro groups is 1. The zero-order chi connectivity index (χ0) is 20.5. The maximum atomic E-state index is 11.5. The Morgan fingerprint density at radius 2 is 1.61 bits per heavy atom. The lowest BCUT2D eigenvalue weighted by Gasteiger charge is -2.23. The number of anilines is 1. The summed E-state index contributed by atoms with van der Waals surface area (Å²) < 4.78 is 5.24. The molecule has 8 heteroatoms. The SMILES string of the molecule is CCN(CCOC(=O)C(C)C)c1ccc(N=Nc2ccc([N+](=O)[O-])cc2)cc1. The molecule has 0 bridgehead atoms. The van der Waals surface area contributed by atoms with Crippen molar-refractivity contribution in [1.82, 2.24) is 0 Å². The minimum atomic E-state index is -0.455. The van der Waals surface area contributed by atoms with Gasteiger partial charge >= 0.3 is 5.97 Å². The Morgan fingerprint density at radius 1 is 1.07 bits per heavy atom. The van der Waals surface area contributed by atoms with Crippen LogP contribution in [0.4, 0.5) is 22.7 Å². The van der Waals surface area contributed by atoms with Crippen LogP contribution >= 0.6 is 0 Å². The van der Waals surface area contributed by atoms with Crippen LogP contribution in [0.2, 0.25) is 0 Å². The fourth-order valence-corrected chi connectivity index (χ4v) is 2.38. The first-order chi connectivity index (χ1) is 13.4. The van der Waals surface area contributed by atoms with Gasteiger partial charge in [-0.1, -0.05) is 13.8 Å². The lowest BCUT2D eigenvalue weighted by molar-refractivity contribution is -0.384. The van der Waals surface area contributed by atoms with Gasteiger partial charge in [0.15, 0.2) is 0 Å². The minimum Gasteiger partial charge on any atom is -0.464 e. The van der Waals surface area contributed by atoms with Gasteiger partial charge in [0, 0.05) is 24.4 Å². The van der Waals surface area contributed by atoms with Crippen molar-refractivity contribution in [2.45, 2.75) is 20.8 Å². The number of carbonyl (C=O) groups excluding carboxylic acids is 1. The summed E-state index contributed by atoms with van der Waals surface area (Å²) in [6, 6.07) is 13.4. The molecule has 28 heavy (non-hydrogen) atoms. The van der Waals surface area contributed by atoms with Crippen molar-refractivity contribution in [2.24, 2.45) is 16.1 Å². The standard InChI is InChI=1S/C20H24N4O4/c1-4-23(13-14-28-20(25)15(2)3)18-9-5-16(6-10-18)21-22-17-7-11-19(12-8-17)24(26)27/h5-12,15H,4,13-14H2,1-3H3. The Morgan fingerprint density at radius 3 is 2.07 bits per heavy atom. The van der Waals surface area contributed by atoms with Gasteiger partial charge in [0.2, 0.25) is 0 Å². The Labute approximate surface area is 164 Å². The molecule has 0 spiro atoms. The fraction of sp³-hybridized carbons (Fsp3) is 0.350. The first kappa shape index (κ1) is 21.0. The molecule has 0 heterocycles. The minimum absolute atomic E-state index is 0.0158. The highest BCUT2D eigenvalue weighted by Gasteiger charge is 2.10.